The van der Waals surface area contributed by atoms with Crippen LogP contribution >= 0.6 is 15.9 Å². The van der Waals surface area contributed by atoms with Crippen LogP contribution in [0.3, 0.4) is 0 Å². The number of aromatic nitrogens is 3. The Morgan fingerprint density at radius 1 is 1.39 bits per heavy atom. The van der Waals surface area contributed by atoms with E-state index in [2.05, 4.69) is 36.4 Å². The first-order valence-electron chi connectivity index (χ1n) is 5.73. The van der Waals surface area contributed by atoms with Gasteiger partial charge in [-0.1, -0.05) is 12.1 Å². The molecule has 0 aliphatic carbocycles. The fourth-order valence-corrected chi connectivity index (χ4v) is 2.01. The molecule has 0 aliphatic rings. The average molecular weight is 311 g/mol. The Labute approximate surface area is 114 Å². The highest BCUT2D eigenvalue weighted by Gasteiger charge is 2.26. The molecule has 18 heavy (non-hydrogen) atoms. The van der Waals surface area contributed by atoms with Crippen molar-refractivity contribution in [3.63, 3.8) is 0 Å². The van der Waals surface area contributed by atoms with Gasteiger partial charge in [-0.2, -0.15) is 4.98 Å². The van der Waals surface area contributed by atoms with Gasteiger partial charge in [-0.25, -0.2) is 0 Å². The molecule has 0 saturated heterocycles. The summed E-state index contributed by atoms with van der Waals surface area (Å²) >= 11 is 3.37. The van der Waals surface area contributed by atoms with Crippen molar-refractivity contribution in [1.29, 1.82) is 0 Å². The van der Waals surface area contributed by atoms with E-state index in [-0.39, 0.29) is 5.54 Å². The van der Waals surface area contributed by atoms with Crippen LogP contribution in [0.25, 0.3) is 11.4 Å². The van der Waals surface area contributed by atoms with E-state index in [0.717, 1.165) is 16.6 Å². The summed E-state index contributed by atoms with van der Waals surface area (Å²) in [4.78, 5) is 8.49. The molecule has 0 bridgehead atoms. The van der Waals surface area contributed by atoms with Gasteiger partial charge in [-0.3, -0.25) is 4.98 Å². The van der Waals surface area contributed by atoms with Crippen molar-refractivity contribution in [3.05, 3.63) is 28.8 Å². The SMILES string of the molecule is CCNC(C)(C)c1nc(-c2cncc(Br)c2)no1. The second-order valence-electron chi connectivity index (χ2n) is 4.47. The fraction of sp³-hybridized carbons (Fsp3) is 0.417. The minimum atomic E-state index is -0.334. The van der Waals surface area contributed by atoms with E-state index in [1.807, 2.05) is 26.8 Å². The molecule has 2 rings (SSSR count). The number of hydrogen-bond acceptors (Lipinski definition) is 5. The number of hydrogen-bond donors (Lipinski definition) is 1. The summed E-state index contributed by atoms with van der Waals surface area (Å²) < 4.78 is 6.20. The van der Waals surface area contributed by atoms with E-state index < -0.39 is 0 Å². The minimum absolute atomic E-state index is 0.334. The second-order valence-corrected chi connectivity index (χ2v) is 5.39. The third kappa shape index (κ3) is 2.76. The van der Waals surface area contributed by atoms with Gasteiger partial charge in [0.05, 0.1) is 5.54 Å². The van der Waals surface area contributed by atoms with Gasteiger partial charge in [0.25, 0.3) is 0 Å². The van der Waals surface area contributed by atoms with Crippen LogP contribution in [-0.2, 0) is 5.54 Å². The Morgan fingerprint density at radius 2 is 2.17 bits per heavy atom. The molecule has 2 aromatic heterocycles. The van der Waals surface area contributed by atoms with Gasteiger partial charge in [0.15, 0.2) is 0 Å². The third-order valence-corrected chi connectivity index (χ3v) is 2.98. The van der Waals surface area contributed by atoms with Crippen LogP contribution in [0.4, 0.5) is 0 Å². The molecule has 0 unspecified atom stereocenters. The molecule has 96 valence electrons. The van der Waals surface area contributed by atoms with Crippen molar-refractivity contribution >= 4 is 15.9 Å². The van der Waals surface area contributed by atoms with Crippen LogP contribution in [-0.4, -0.2) is 21.7 Å². The molecule has 5 nitrogen and oxygen atoms in total. The zero-order chi connectivity index (χ0) is 13.2. The molecule has 0 aliphatic heterocycles. The number of nitrogens with zero attached hydrogens (tertiary/aromatic N) is 3. The van der Waals surface area contributed by atoms with Gasteiger partial charge in [-0.15, -0.1) is 0 Å². The lowest BCUT2D eigenvalue weighted by Crippen LogP contribution is -2.36. The standard InChI is InChI=1S/C12H15BrN4O/c1-4-15-12(2,3)11-16-10(17-18-11)8-5-9(13)7-14-6-8/h5-7,15H,4H2,1-3H3. The fourth-order valence-electron chi connectivity index (χ4n) is 1.65. The van der Waals surface area contributed by atoms with Crippen molar-refractivity contribution in [2.24, 2.45) is 0 Å². The zero-order valence-corrected chi connectivity index (χ0v) is 12.2. The molecule has 2 aromatic rings. The summed E-state index contributed by atoms with van der Waals surface area (Å²) in [5.41, 5.74) is 0.492. The molecular formula is C12H15BrN4O. The van der Waals surface area contributed by atoms with Crippen molar-refractivity contribution < 1.29 is 4.52 Å². The van der Waals surface area contributed by atoms with E-state index in [1.54, 1.807) is 12.4 Å². The Hall–Kier alpha value is -1.27. The first-order valence-corrected chi connectivity index (χ1v) is 6.52. The average Bonchev–Trinajstić information content (AvgIpc) is 2.78. The predicted octanol–water partition coefficient (Wildman–Crippen LogP) is 2.74. The van der Waals surface area contributed by atoms with Gasteiger partial charge >= 0.3 is 0 Å². The maximum atomic E-state index is 5.31. The topological polar surface area (TPSA) is 63.8 Å². The lowest BCUT2D eigenvalue weighted by Gasteiger charge is -2.20. The highest BCUT2D eigenvalue weighted by Crippen LogP contribution is 2.23. The molecule has 0 spiro atoms. The molecule has 0 fully saturated rings. The van der Waals surface area contributed by atoms with Crippen molar-refractivity contribution in [2.45, 2.75) is 26.3 Å². The third-order valence-electron chi connectivity index (χ3n) is 2.54. The molecule has 1 N–H and O–H groups in total. The van der Waals surface area contributed by atoms with E-state index in [1.165, 1.54) is 0 Å². The van der Waals surface area contributed by atoms with E-state index in [0.29, 0.717) is 11.7 Å². The maximum absolute atomic E-state index is 5.31. The first-order chi connectivity index (χ1) is 8.53. The first kappa shape index (κ1) is 13.2. The summed E-state index contributed by atoms with van der Waals surface area (Å²) in [6, 6.07) is 1.90. The monoisotopic (exact) mass is 310 g/mol. The number of nitrogens with one attached hydrogen (secondary N) is 1. The molecule has 0 atom stereocenters. The lowest BCUT2D eigenvalue weighted by molar-refractivity contribution is 0.272. The van der Waals surface area contributed by atoms with Crippen LogP contribution < -0.4 is 5.32 Å². The van der Waals surface area contributed by atoms with Crippen molar-refractivity contribution in [2.75, 3.05) is 6.54 Å². The van der Waals surface area contributed by atoms with Crippen LogP contribution in [0, 0.1) is 0 Å². The second kappa shape index (κ2) is 5.16. The molecule has 2 heterocycles. The molecule has 0 radical (unpaired) electrons. The van der Waals surface area contributed by atoms with Gasteiger partial charge in [0, 0.05) is 22.4 Å². The van der Waals surface area contributed by atoms with Gasteiger partial charge in [0.1, 0.15) is 0 Å². The Balaban J connectivity index is 2.31. The maximum Gasteiger partial charge on any atom is 0.246 e. The smallest absolute Gasteiger partial charge is 0.246 e. The van der Waals surface area contributed by atoms with E-state index >= 15 is 0 Å². The summed E-state index contributed by atoms with van der Waals surface area (Å²) in [5, 5.41) is 7.28. The van der Waals surface area contributed by atoms with E-state index in [4.69, 9.17) is 4.52 Å². The number of rotatable bonds is 4. The van der Waals surface area contributed by atoms with Crippen LogP contribution in [0.2, 0.25) is 0 Å². The number of pyridine rings is 1. The molecule has 0 saturated carbocycles. The molecule has 6 heteroatoms. The lowest BCUT2D eigenvalue weighted by atomic mass is 10.1. The summed E-state index contributed by atoms with van der Waals surface area (Å²) in [6.07, 6.45) is 3.42. The van der Waals surface area contributed by atoms with Gasteiger partial charge < -0.3 is 9.84 Å². The van der Waals surface area contributed by atoms with Gasteiger partial charge in [0.2, 0.25) is 11.7 Å². The van der Waals surface area contributed by atoms with Crippen LogP contribution in [0.15, 0.2) is 27.5 Å². The zero-order valence-electron chi connectivity index (χ0n) is 10.6. The number of halogens is 1. The quantitative estimate of drug-likeness (QED) is 0.940. The minimum Gasteiger partial charge on any atom is -0.337 e. The summed E-state index contributed by atoms with van der Waals surface area (Å²) in [6.45, 7) is 6.89. The Bertz CT molecular complexity index is 538. The largest absolute Gasteiger partial charge is 0.337 e. The Morgan fingerprint density at radius 3 is 2.83 bits per heavy atom. The summed E-state index contributed by atoms with van der Waals surface area (Å²) in [5.74, 6) is 1.11. The highest BCUT2D eigenvalue weighted by molar-refractivity contribution is 9.10. The normalized spacial score (nSPS) is 11.8. The molecular weight excluding hydrogens is 296 g/mol. The molecule has 0 aromatic carbocycles. The van der Waals surface area contributed by atoms with Crippen molar-refractivity contribution in [3.8, 4) is 11.4 Å². The molecule has 0 amide bonds. The van der Waals surface area contributed by atoms with Crippen molar-refractivity contribution in [1.82, 2.24) is 20.4 Å². The van der Waals surface area contributed by atoms with Crippen LogP contribution in [0.5, 0.6) is 0 Å². The predicted molar refractivity (Wildman–Crippen MR) is 71.9 cm³/mol. The Kier molecular flexibility index (Phi) is 3.77. The van der Waals surface area contributed by atoms with Gasteiger partial charge in [-0.05, 0) is 42.4 Å². The summed E-state index contributed by atoms with van der Waals surface area (Å²) in [7, 11) is 0. The van der Waals surface area contributed by atoms with Crippen LogP contribution in [0.1, 0.15) is 26.7 Å². The highest BCUT2D eigenvalue weighted by atomic mass is 79.9. The van der Waals surface area contributed by atoms with E-state index in [9.17, 15) is 0 Å².